The number of likely N-dealkylation sites (tertiary alicyclic amines) is 1. The van der Waals surface area contributed by atoms with Gasteiger partial charge in [0.15, 0.2) is 0 Å². The molecular formula is C37H38N8O3. The fraction of sp³-hybridized carbons (Fsp3) is 0.351. The van der Waals surface area contributed by atoms with E-state index in [4.69, 9.17) is 19.1 Å². The average Bonchev–Trinajstić information content (AvgIpc) is 3.94. The molecule has 2 saturated heterocycles. The molecule has 11 heteroatoms. The first kappa shape index (κ1) is 29.0. The van der Waals surface area contributed by atoms with E-state index in [2.05, 4.69) is 67.0 Å². The van der Waals surface area contributed by atoms with Gasteiger partial charge in [-0.2, -0.15) is 0 Å². The van der Waals surface area contributed by atoms with Gasteiger partial charge >= 0.3 is 0 Å². The molecule has 5 heterocycles. The number of oxazole rings is 1. The first-order valence-electron chi connectivity index (χ1n) is 16.8. The number of nitrogens with zero attached hydrogens (tertiary/aromatic N) is 6. The van der Waals surface area contributed by atoms with Crippen LogP contribution in [-0.2, 0) is 4.79 Å². The van der Waals surface area contributed by atoms with E-state index in [0.29, 0.717) is 58.1 Å². The number of amides is 1. The zero-order valence-corrected chi connectivity index (χ0v) is 26.9. The van der Waals surface area contributed by atoms with Crippen molar-refractivity contribution < 1.29 is 13.9 Å². The summed E-state index contributed by atoms with van der Waals surface area (Å²) in [4.78, 5) is 31.9. The second-order valence-corrected chi connectivity index (χ2v) is 13.5. The van der Waals surface area contributed by atoms with E-state index in [1.165, 1.54) is 37.3 Å². The van der Waals surface area contributed by atoms with Crippen molar-refractivity contribution >= 4 is 39.8 Å². The Morgan fingerprint density at radius 2 is 1.79 bits per heavy atom. The van der Waals surface area contributed by atoms with Crippen LogP contribution in [0.4, 0.5) is 23.0 Å². The molecule has 2 saturated carbocycles. The molecule has 2 aliphatic carbocycles. The Bertz CT molecular complexity index is 2020. The number of nitrogens with one attached hydrogen (secondary N) is 2. The van der Waals surface area contributed by atoms with E-state index < -0.39 is 0 Å². The number of carbonyl (C=O) groups is 1. The Morgan fingerprint density at radius 3 is 2.50 bits per heavy atom. The lowest BCUT2D eigenvalue weighted by Crippen LogP contribution is -2.30. The Hall–Kier alpha value is -5.16. The summed E-state index contributed by atoms with van der Waals surface area (Å²) in [6.07, 6.45) is 13.4. The van der Waals surface area contributed by atoms with E-state index >= 15 is 0 Å². The molecule has 2 aromatic carbocycles. The summed E-state index contributed by atoms with van der Waals surface area (Å²) in [5.41, 5.74) is 5.83. The number of anilines is 4. The zero-order chi connectivity index (χ0) is 32.4. The van der Waals surface area contributed by atoms with Crippen molar-refractivity contribution in [3.63, 3.8) is 0 Å². The van der Waals surface area contributed by atoms with Gasteiger partial charge in [-0.15, -0.1) is 0 Å². The maximum atomic E-state index is 12.7. The summed E-state index contributed by atoms with van der Waals surface area (Å²) in [6.45, 7) is 7.89. The van der Waals surface area contributed by atoms with Gasteiger partial charge in [-0.1, -0.05) is 24.8 Å². The molecule has 2 atom stereocenters. The van der Waals surface area contributed by atoms with Gasteiger partial charge in [0, 0.05) is 73.2 Å². The van der Waals surface area contributed by atoms with Crippen LogP contribution in [0.25, 0.3) is 33.6 Å². The number of hydrogen-bond donors (Lipinski definition) is 2. The number of rotatable bonds is 10. The van der Waals surface area contributed by atoms with Gasteiger partial charge in [-0.05, 0) is 55.7 Å². The van der Waals surface area contributed by atoms with Crippen LogP contribution in [0, 0.1) is 11.8 Å². The van der Waals surface area contributed by atoms with E-state index in [9.17, 15) is 4.79 Å². The number of hydrogen-bond acceptors (Lipinski definition) is 9. The molecule has 11 nitrogen and oxygen atoms in total. The Balaban J connectivity index is 1.09. The molecule has 5 aromatic rings. The number of carbonyl (C=O) groups excluding carboxylic acids is 1. The minimum atomic E-state index is -0.271. The van der Waals surface area contributed by atoms with Crippen molar-refractivity contribution in [1.82, 2.24) is 24.4 Å². The number of fused-ring (bicyclic) bond motifs is 2. The number of ether oxygens (including phenoxy) is 1. The van der Waals surface area contributed by atoms with Crippen molar-refractivity contribution in [2.45, 2.75) is 37.8 Å². The van der Waals surface area contributed by atoms with E-state index in [0.717, 1.165) is 48.9 Å². The van der Waals surface area contributed by atoms with Crippen LogP contribution in [0.15, 0.2) is 78.3 Å². The lowest BCUT2D eigenvalue weighted by atomic mass is 10.0. The van der Waals surface area contributed by atoms with E-state index in [1.807, 2.05) is 12.1 Å². The quantitative estimate of drug-likeness (QED) is 0.165. The topological polar surface area (TPSA) is 114 Å². The fourth-order valence-electron chi connectivity index (χ4n) is 7.67. The van der Waals surface area contributed by atoms with Gasteiger partial charge in [0.1, 0.15) is 12.0 Å². The van der Waals surface area contributed by atoms with Gasteiger partial charge in [0.2, 0.25) is 17.7 Å². The second kappa shape index (κ2) is 11.5. The molecule has 3 aromatic heterocycles. The molecule has 0 radical (unpaired) electrons. The molecule has 9 rings (SSSR count). The van der Waals surface area contributed by atoms with Crippen LogP contribution in [0.2, 0.25) is 0 Å². The zero-order valence-electron chi connectivity index (χ0n) is 26.9. The van der Waals surface area contributed by atoms with E-state index in [1.54, 1.807) is 25.8 Å². The number of methoxy groups -OCH3 is 1. The highest BCUT2D eigenvalue weighted by Crippen LogP contribution is 2.45. The van der Waals surface area contributed by atoms with Crippen LogP contribution in [0.5, 0.6) is 5.75 Å². The number of para-hydroxylation sites is 1. The molecule has 244 valence electrons. The third kappa shape index (κ3) is 5.18. The second-order valence-electron chi connectivity index (χ2n) is 13.5. The van der Waals surface area contributed by atoms with Crippen LogP contribution >= 0.6 is 0 Å². The lowest BCUT2D eigenvalue weighted by molar-refractivity contribution is -0.111. The molecule has 2 unspecified atom stereocenters. The van der Waals surface area contributed by atoms with Crippen LogP contribution in [0.3, 0.4) is 0 Å². The van der Waals surface area contributed by atoms with Gasteiger partial charge < -0.3 is 29.3 Å². The molecular weight excluding hydrogens is 604 g/mol. The molecule has 48 heavy (non-hydrogen) atoms. The summed E-state index contributed by atoms with van der Waals surface area (Å²) < 4.78 is 14.0. The first-order valence-corrected chi connectivity index (χ1v) is 16.8. The van der Waals surface area contributed by atoms with Gasteiger partial charge in [0.25, 0.3) is 0 Å². The maximum Gasteiger partial charge on any atom is 0.247 e. The molecule has 2 aliphatic heterocycles. The summed E-state index contributed by atoms with van der Waals surface area (Å²) in [6, 6.07) is 13.6. The van der Waals surface area contributed by atoms with Crippen molar-refractivity contribution in [3.05, 3.63) is 73.9 Å². The summed E-state index contributed by atoms with van der Waals surface area (Å²) in [5.74, 6) is 2.44. The molecule has 0 bridgehead atoms. The highest BCUT2D eigenvalue weighted by molar-refractivity contribution is 6.02. The van der Waals surface area contributed by atoms with Crippen LogP contribution in [-0.4, -0.2) is 69.7 Å². The molecule has 4 fully saturated rings. The van der Waals surface area contributed by atoms with Crippen LogP contribution in [0.1, 0.15) is 31.7 Å². The summed E-state index contributed by atoms with van der Waals surface area (Å²) in [5, 5.41) is 7.56. The minimum Gasteiger partial charge on any atom is -0.494 e. The Kier molecular flexibility index (Phi) is 6.96. The van der Waals surface area contributed by atoms with Crippen molar-refractivity contribution in [3.8, 4) is 28.5 Å². The fourth-order valence-corrected chi connectivity index (χ4v) is 7.67. The predicted octanol–water partition coefficient (Wildman–Crippen LogP) is 6.50. The monoisotopic (exact) mass is 642 g/mol. The molecule has 4 aliphatic rings. The Labute approximate surface area is 278 Å². The third-order valence-corrected chi connectivity index (χ3v) is 10.3. The average molecular weight is 643 g/mol. The lowest BCUT2D eigenvalue weighted by Gasteiger charge is -2.26. The predicted molar refractivity (Wildman–Crippen MR) is 186 cm³/mol. The SMILES string of the molecule is C=CC(=O)Nc1cc(Nc2ncc(-c3ncco3)c(-c3cn(C4CC4)c4ccccc34)n2)c(OC)cc1N1CC2CN(C3CC3)CC2C1. The number of aromatic nitrogens is 4. The summed E-state index contributed by atoms with van der Waals surface area (Å²) >= 11 is 0. The standard InChI is InChI=1S/C37H38N8O3/c1-3-34(46)40-29-14-30(33(47-2)15-32(29)44-19-22-17-43(24-8-9-24)18-23(22)20-44)41-37-39-16-27(36-38-12-13-48-36)35(42-37)28-21-45(25-10-11-25)31-7-5-4-6-26(28)31/h3-7,12-16,21-25H,1,8-11,17-20H2,2H3,(H,40,46)(H,39,41,42). The molecule has 1 amide bonds. The van der Waals surface area contributed by atoms with Gasteiger partial charge in [0.05, 0.1) is 41.6 Å². The third-order valence-electron chi connectivity index (χ3n) is 10.3. The minimum absolute atomic E-state index is 0.271. The van der Waals surface area contributed by atoms with Crippen molar-refractivity contribution in [1.29, 1.82) is 0 Å². The summed E-state index contributed by atoms with van der Waals surface area (Å²) in [7, 11) is 1.66. The maximum absolute atomic E-state index is 12.7. The molecule has 2 N–H and O–H groups in total. The molecule has 0 spiro atoms. The highest BCUT2D eigenvalue weighted by atomic mass is 16.5. The largest absolute Gasteiger partial charge is 0.494 e. The normalized spacial score (nSPS) is 20.6. The number of benzene rings is 2. The van der Waals surface area contributed by atoms with E-state index in [-0.39, 0.29) is 5.91 Å². The smallest absolute Gasteiger partial charge is 0.247 e. The van der Waals surface area contributed by atoms with Gasteiger partial charge in [-0.25, -0.2) is 15.0 Å². The van der Waals surface area contributed by atoms with Crippen molar-refractivity contribution in [2.75, 3.05) is 48.8 Å². The van der Waals surface area contributed by atoms with Crippen molar-refractivity contribution in [2.24, 2.45) is 11.8 Å². The van der Waals surface area contributed by atoms with Gasteiger partial charge in [-0.3, -0.25) is 9.69 Å². The Morgan fingerprint density at radius 1 is 1.00 bits per heavy atom. The highest BCUT2D eigenvalue weighted by Gasteiger charge is 2.44. The van der Waals surface area contributed by atoms with Crippen LogP contribution < -0.4 is 20.3 Å². The first-order chi connectivity index (χ1) is 23.6.